The van der Waals surface area contributed by atoms with Gasteiger partial charge in [-0.15, -0.1) is 11.6 Å². The minimum atomic E-state index is 0.554. The van der Waals surface area contributed by atoms with Crippen molar-refractivity contribution in [1.82, 2.24) is 9.78 Å². The monoisotopic (exact) mass is 188 g/mol. The van der Waals surface area contributed by atoms with Crippen molar-refractivity contribution in [2.75, 3.05) is 19.1 Å². The van der Waals surface area contributed by atoms with Gasteiger partial charge < -0.3 is 4.74 Å². The number of nitrogens with zero attached hydrogens (tertiary/aromatic N) is 2. The Morgan fingerprint density at radius 3 is 3.00 bits per heavy atom. The summed E-state index contributed by atoms with van der Waals surface area (Å²) in [6.45, 7) is 4.05. The standard InChI is InChI=1S/C8H13ClN2O/c1-8-2-4-11(10-8)5-7-12-6-3-9/h2,4H,3,5-7H2,1H3. The van der Waals surface area contributed by atoms with Crippen LogP contribution in [-0.4, -0.2) is 28.9 Å². The van der Waals surface area contributed by atoms with E-state index in [1.807, 2.05) is 23.9 Å². The molecule has 0 atom stereocenters. The number of hydrogen-bond acceptors (Lipinski definition) is 2. The third-order valence-corrected chi connectivity index (χ3v) is 1.61. The van der Waals surface area contributed by atoms with Gasteiger partial charge in [-0.25, -0.2) is 0 Å². The van der Waals surface area contributed by atoms with Crippen LogP contribution in [0.15, 0.2) is 12.3 Å². The Morgan fingerprint density at radius 1 is 1.58 bits per heavy atom. The number of halogens is 1. The number of alkyl halides is 1. The predicted octanol–water partition coefficient (Wildman–Crippen LogP) is 1.45. The summed E-state index contributed by atoms with van der Waals surface area (Å²) in [5, 5.41) is 4.21. The molecule has 1 rings (SSSR count). The second-order valence-corrected chi connectivity index (χ2v) is 2.90. The SMILES string of the molecule is Cc1ccn(CCOCCCl)n1. The van der Waals surface area contributed by atoms with Crippen LogP contribution in [0.5, 0.6) is 0 Å². The van der Waals surface area contributed by atoms with Crippen molar-refractivity contribution in [2.45, 2.75) is 13.5 Å². The highest BCUT2D eigenvalue weighted by Crippen LogP contribution is 1.92. The van der Waals surface area contributed by atoms with Crippen LogP contribution in [0, 0.1) is 6.92 Å². The van der Waals surface area contributed by atoms with E-state index in [1.165, 1.54) is 0 Å². The van der Waals surface area contributed by atoms with Gasteiger partial charge >= 0.3 is 0 Å². The Labute approximate surface area is 77.3 Å². The zero-order valence-electron chi connectivity index (χ0n) is 7.16. The van der Waals surface area contributed by atoms with E-state index in [2.05, 4.69) is 5.10 Å². The van der Waals surface area contributed by atoms with Crippen molar-refractivity contribution < 1.29 is 4.74 Å². The molecule has 0 bridgehead atoms. The fraction of sp³-hybridized carbons (Fsp3) is 0.625. The number of rotatable bonds is 5. The van der Waals surface area contributed by atoms with Gasteiger partial charge in [0.25, 0.3) is 0 Å². The number of aryl methyl sites for hydroxylation is 1. The number of aromatic nitrogens is 2. The molecule has 0 aliphatic carbocycles. The Morgan fingerprint density at radius 2 is 2.42 bits per heavy atom. The molecule has 1 aromatic heterocycles. The molecule has 0 amide bonds. The highest BCUT2D eigenvalue weighted by Gasteiger charge is 1.92. The first-order chi connectivity index (χ1) is 5.83. The molecular formula is C8H13ClN2O. The molecule has 0 N–H and O–H groups in total. The van der Waals surface area contributed by atoms with Gasteiger partial charge in [0.05, 0.1) is 25.5 Å². The summed E-state index contributed by atoms with van der Waals surface area (Å²) in [6.07, 6.45) is 1.94. The average molecular weight is 189 g/mol. The highest BCUT2D eigenvalue weighted by molar-refractivity contribution is 6.17. The van der Waals surface area contributed by atoms with Gasteiger partial charge in [0, 0.05) is 12.1 Å². The van der Waals surface area contributed by atoms with E-state index in [9.17, 15) is 0 Å². The molecule has 1 heterocycles. The topological polar surface area (TPSA) is 27.1 Å². The van der Waals surface area contributed by atoms with Gasteiger partial charge in [0.15, 0.2) is 0 Å². The van der Waals surface area contributed by atoms with Crippen LogP contribution in [0.1, 0.15) is 5.69 Å². The minimum absolute atomic E-state index is 0.554. The molecule has 0 fully saturated rings. The molecule has 68 valence electrons. The van der Waals surface area contributed by atoms with Gasteiger partial charge in [0.2, 0.25) is 0 Å². The average Bonchev–Trinajstić information content (AvgIpc) is 2.45. The molecule has 0 spiro atoms. The largest absolute Gasteiger partial charge is 0.378 e. The van der Waals surface area contributed by atoms with Crippen molar-refractivity contribution in [1.29, 1.82) is 0 Å². The maximum absolute atomic E-state index is 5.44. The first-order valence-electron chi connectivity index (χ1n) is 3.96. The van der Waals surface area contributed by atoms with Gasteiger partial charge in [-0.2, -0.15) is 5.10 Å². The molecule has 1 aromatic rings. The van der Waals surface area contributed by atoms with Crippen molar-refractivity contribution in [3.8, 4) is 0 Å². The van der Waals surface area contributed by atoms with E-state index < -0.39 is 0 Å². The highest BCUT2D eigenvalue weighted by atomic mass is 35.5. The molecule has 0 aliphatic heterocycles. The third-order valence-electron chi connectivity index (χ3n) is 1.46. The number of ether oxygens (including phenoxy) is 1. The van der Waals surface area contributed by atoms with Crippen molar-refractivity contribution in [2.24, 2.45) is 0 Å². The van der Waals surface area contributed by atoms with Crippen molar-refractivity contribution in [3.05, 3.63) is 18.0 Å². The van der Waals surface area contributed by atoms with Crippen molar-refractivity contribution >= 4 is 11.6 Å². The predicted molar refractivity (Wildman–Crippen MR) is 48.5 cm³/mol. The molecule has 0 radical (unpaired) electrons. The molecule has 3 nitrogen and oxygen atoms in total. The maximum atomic E-state index is 5.44. The van der Waals surface area contributed by atoms with Crippen LogP contribution in [0.3, 0.4) is 0 Å². The Bertz CT molecular complexity index is 225. The molecule has 0 unspecified atom stereocenters. The maximum Gasteiger partial charge on any atom is 0.0663 e. The fourth-order valence-electron chi connectivity index (χ4n) is 0.902. The first-order valence-corrected chi connectivity index (χ1v) is 4.50. The Hall–Kier alpha value is -0.540. The second-order valence-electron chi connectivity index (χ2n) is 2.52. The van der Waals surface area contributed by atoms with E-state index in [0.717, 1.165) is 12.2 Å². The van der Waals surface area contributed by atoms with Crippen LogP contribution < -0.4 is 0 Å². The van der Waals surface area contributed by atoms with E-state index >= 15 is 0 Å². The Kier molecular flexibility index (Phi) is 4.11. The van der Waals surface area contributed by atoms with Gasteiger partial charge in [-0.1, -0.05) is 0 Å². The Balaban J connectivity index is 2.15. The molecular weight excluding hydrogens is 176 g/mol. The van der Waals surface area contributed by atoms with Crippen LogP contribution in [0.2, 0.25) is 0 Å². The molecule has 0 saturated carbocycles. The van der Waals surface area contributed by atoms with E-state index in [4.69, 9.17) is 16.3 Å². The van der Waals surface area contributed by atoms with Crippen LogP contribution in [-0.2, 0) is 11.3 Å². The summed E-state index contributed by atoms with van der Waals surface area (Å²) in [4.78, 5) is 0. The molecule has 4 heteroatoms. The lowest BCUT2D eigenvalue weighted by Gasteiger charge is -2.01. The summed E-state index contributed by atoms with van der Waals surface area (Å²) in [5.74, 6) is 0.554. The van der Waals surface area contributed by atoms with Crippen molar-refractivity contribution in [3.63, 3.8) is 0 Å². The van der Waals surface area contributed by atoms with E-state index in [-0.39, 0.29) is 0 Å². The third kappa shape index (κ3) is 3.24. The number of hydrogen-bond donors (Lipinski definition) is 0. The van der Waals surface area contributed by atoms with E-state index in [1.54, 1.807) is 0 Å². The summed E-state index contributed by atoms with van der Waals surface area (Å²) in [5.41, 5.74) is 1.03. The second kappa shape index (κ2) is 5.17. The van der Waals surface area contributed by atoms with E-state index in [0.29, 0.717) is 19.1 Å². The molecule has 12 heavy (non-hydrogen) atoms. The van der Waals surface area contributed by atoms with Gasteiger partial charge in [0.1, 0.15) is 0 Å². The summed E-state index contributed by atoms with van der Waals surface area (Å²) in [6, 6.07) is 1.97. The van der Waals surface area contributed by atoms with Gasteiger partial charge in [-0.3, -0.25) is 4.68 Å². The minimum Gasteiger partial charge on any atom is -0.378 e. The summed E-state index contributed by atoms with van der Waals surface area (Å²) >= 11 is 5.44. The normalized spacial score (nSPS) is 10.5. The summed E-state index contributed by atoms with van der Waals surface area (Å²) in [7, 11) is 0. The van der Waals surface area contributed by atoms with Crippen LogP contribution in [0.4, 0.5) is 0 Å². The molecule has 0 aromatic carbocycles. The lowest BCUT2D eigenvalue weighted by molar-refractivity contribution is 0.138. The van der Waals surface area contributed by atoms with Crippen LogP contribution >= 0.6 is 11.6 Å². The smallest absolute Gasteiger partial charge is 0.0663 e. The zero-order valence-corrected chi connectivity index (χ0v) is 7.92. The summed E-state index contributed by atoms with van der Waals surface area (Å²) < 4.78 is 7.07. The zero-order chi connectivity index (χ0) is 8.81. The lowest BCUT2D eigenvalue weighted by Crippen LogP contribution is -2.07. The molecule has 0 saturated heterocycles. The van der Waals surface area contributed by atoms with Gasteiger partial charge in [-0.05, 0) is 13.0 Å². The lowest BCUT2D eigenvalue weighted by atomic mass is 10.5. The fourth-order valence-corrected chi connectivity index (χ4v) is 1.01. The quantitative estimate of drug-likeness (QED) is 0.517. The molecule has 0 aliphatic rings. The van der Waals surface area contributed by atoms with Crippen LogP contribution in [0.25, 0.3) is 0 Å². The first kappa shape index (κ1) is 9.55.